The largest absolute Gasteiger partial charge is 0.298 e. The topological polar surface area (TPSA) is 88.2 Å². The Bertz CT molecular complexity index is 1030. The van der Waals surface area contributed by atoms with E-state index >= 15 is 0 Å². The van der Waals surface area contributed by atoms with Crippen molar-refractivity contribution in [2.75, 3.05) is 10.0 Å². The van der Waals surface area contributed by atoms with Crippen LogP contribution in [0.2, 0.25) is 0 Å². The van der Waals surface area contributed by atoms with Gasteiger partial charge in [0.1, 0.15) is 5.82 Å². The first-order valence-electron chi connectivity index (χ1n) is 7.45. The van der Waals surface area contributed by atoms with Crippen LogP contribution in [0.3, 0.4) is 0 Å². The Labute approximate surface area is 153 Å². The summed E-state index contributed by atoms with van der Waals surface area (Å²) in [5, 5.41) is 4.58. The molecular formula is C17H14FN3O3S2. The molecular weight excluding hydrogens is 377 g/mol. The van der Waals surface area contributed by atoms with E-state index in [1.54, 1.807) is 17.5 Å². The van der Waals surface area contributed by atoms with Crippen LogP contribution < -0.4 is 10.0 Å². The summed E-state index contributed by atoms with van der Waals surface area (Å²) >= 11 is 1.21. The average molecular weight is 391 g/mol. The fraction of sp³-hybridized carbons (Fsp3) is 0.0588. The number of thiazole rings is 1. The van der Waals surface area contributed by atoms with Crippen LogP contribution in [-0.4, -0.2) is 19.3 Å². The quantitative estimate of drug-likeness (QED) is 0.695. The van der Waals surface area contributed by atoms with Crippen LogP contribution in [0.5, 0.6) is 0 Å². The van der Waals surface area contributed by atoms with Gasteiger partial charge in [-0.25, -0.2) is 17.8 Å². The molecule has 0 atom stereocenters. The lowest BCUT2D eigenvalue weighted by molar-refractivity contribution is 0.102. The van der Waals surface area contributed by atoms with Crippen molar-refractivity contribution in [3.63, 3.8) is 0 Å². The third kappa shape index (κ3) is 4.06. The number of sulfonamides is 1. The molecule has 1 aromatic heterocycles. The Morgan fingerprint density at radius 1 is 1.15 bits per heavy atom. The third-order valence-electron chi connectivity index (χ3n) is 3.45. The average Bonchev–Trinajstić information content (AvgIpc) is 3.08. The number of benzene rings is 2. The van der Waals surface area contributed by atoms with Crippen LogP contribution in [0.15, 0.2) is 58.9 Å². The second kappa shape index (κ2) is 7.22. The molecule has 0 aliphatic rings. The van der Waals surface area contributed by atoms with Crippen molar-refractivity contribution >= 4 is 38.1 Å². The summed E-state index contributed by atoms with van der Waals surface area (Å²) in [6.45, 7) is 1.83. The molecule has 0 unspecified atom stereocenters. The van der Waals surface area contributed by atoms with E-state index < -0.39 is 21.7 Å². The van der Waals surface area contributed by atoms with Crippen molar-refractivity contribution in [3.05, 3.63) is 71.0 Å². The number of carbonyl (C=O) groups is 1. The highest BCUT2D eigenvalue weighted by Crippen LogP contribution is 2.23. The zero-order valence-corrected chi connectivity index (χ0v) is 15.2. The zero-order chi connectivity index (χ0) is 18.7. The monoisotopic (exact) mass is 391 g/mol. The Balaban J connectivity index is 1.92. The van der Waals surface area contributed by atoms with E-state index in [1.807, 2.05) is 6.92 Å². The molecule has 2 N–H and O–H groups in total. The number of hydrogen-bond donors (Lipinski definition) is 2. The Kier molecular flexibility index (Phi) is 5.01. The van der Waals surface area contributed by atoms with Crippen molar-refractivity contribution < 1.29 is 17.6 Å². The van der Waals surface area contributed by atoms with Crippen molar-refractivity contribution in [1.29, 1.82) is 0 Å². The molecule has 0 aliphatic carbocycles. The van der Waals surface area contributed by atoms with Gasteiger partial charge >= 0.3 is 0 Å². The zero-order valence-electron chi connectivity index (χ0n) is 13.6. The molecule has 0 saturated heterocycles. The number of aromatic nitrogens is 1. The molecule has 0 spiro atoms. The summed E-state index contributed by atoms with van der Waals surface area (Å²) in [6, 6.07) is 9.43. The molecule has 0 saturated carbocycles. The van der Waals surface area contributed by atoms with E-state index in [0.717, 1.165) is 17.7 Å². The molecule has 1 amide bonds. The fourth-order valence-corrected chi connectivity index (χ4v) is 3.76. The number of carbonyl (C=O) groups excluding carboxylic acids is 1. The van der Waals surface area contributed by atoms with Crippen LogP contribution >= 0.6 is 11.3 Å². The highest BCUT2D eigenvalue weighted by molar-refractivity contribution is 7.92. The second-order valence-corrected chi connectivity index (χ2v) is 7.98. The Morgan fingerprint density at radius 2 is 1.88 bits per heavy atom. The molecule has 0 radical (unpaired) electrons. The van der Waals surface area contributed by atoms with E-state index in [4.69, 9.17) is 0 Å². The number of aryl methyl sites for hydroxylation is 1. The van der Waals surface area contributed by atoms with Crippen molar-refractivity contribution in [2.24, 2.45) is 0 Å². The number of anilines is 2. The van der Waals surface area contributed by atoms with Gasteiger partial charge in [0.25, 0.3) is 15.9 Å². The summed E-state index contributed by atoms with van der Waals surface area (Å²) in [5.41, 5.74) is 0.732. The van der Waals surface area contributed by atoms with Gasteiger partial charge in [-0.2, -0.15) is 0 Å². The number of nitrogens with one attached hydrogen (secondary N) is 2. The normalized spacial score (nSPS) is 11.2. The predicted molar refractivity (Wildman–Crippen MR) is 98.5 cm³/mol. The molecule has 0 bridgehead atoms. The molecule has 6 nitrogen and oxygen atoms in total. The van der Waals surface area contributed by atoms with E-state index in [9.17, 15) is 17.6 Å². The van der Waals surface area contributed by atoms with Gasteiger partial charge in [0.15, 0.2) is 5.13 Å². The highest BCUT2D eigenvalue weighted by atomic mass is 32.2. The summed E-state index contributed by atoms with van der Waals surface area (Å²) < 4.78 is 41.0. The van der Waals surface area contributed by atoms with Crippen LogP contribution in [0.25, 0.3) is 0 Å². The van der Waals surface area contributed by atoms with Gasteiger partial charge in [-0.1, -0.05) is 17.7 Å². The number of halogens is 1. The molecule has 26 heavy (non-hydrogen) atoms. The summed E-state index contributed by atoms with van der Waals surface area (Å²) in [7, 11) is -3.97. The summed E-state index contributed by atoms with van der Waals surface area (Å²) in [6.07, 6.45) is 1.52. The first-order chi connectivity index (χ1) is 12.3. The lowest BCUT2D eigenvalue weighted by Gasteiger charge is -2.12. The SMILES string of the molecule is Cc1ccc(S(=O)(=O)Nc2cc(F)ccc2C(=O)Nc2nccs2)cc1. The standard InChI is InChI=1S/C17H14FN3O3S2/c1-11-2-5-13(6-3-11)26(23,24)21-15-10-12(18)4-7-14(15)16(22)20-17-19-8-9-25-17/h2-10,21H,1H3,(H,19,20,22). The third-order valence-corrected chi connectivity index (χ3v) is 5.52. The lowest BCUT2D eigenvalue weighted by Crippen LogP contribution is -2.19. The summed E-state index contributed by atoms with van der Waals surface area (Å²) in [4.78, 5) is 16.4. The smallest absolute Gasteiger partial charge is 0.261 e. The molecule has 9 heteroatoms. The van der Waals surface area contributed by atoms with Crippen molar-refractivity contribution in [3.8, 4) is 0 Å². The molecule has 0 aliphatic heterocycles. The molecule has 3 rings (SSSR count). The number of hydrogen-bond acceptors (Lipinski definition) is 5. The molecule has 0 fully saturated rings. The first-order valence-corrected chi connectivity index (χ1v) is 9.81. The molecule has 134 valence electrons. The summed E-state index contributed by atoms with van der Waals surface area (Å²) in [5.74, 6) is -1.26. The van der Waals surface area contributed by atoms with Gasteiger partial charge in [-0.15, -0.1) is 11.3 Å². The maximum Gasteiger partial charge on any atom is 0.261 e. The molecule has 2 aromatic carbocycles. The van der Waals surface area contributed by atoms with E-state index in [-0.39, 0.29) is 16.1 Å². The van der Waals surface area contributed by atoms with Gasteiger partial charge < -0.3 is 0 Å². The lowest BCUT2D eigenvalue weighted by atomic mass is 10.1. The highest BCUT2D eigenvalue weighted by Gasteiger charge is 2.20. The maximum atomic E-state index is 13.6. The molecule has 3 aromatic rings. The second-order valence-electron chi connectivity index (χ2n) is 5.40. The van der Waals surface area contributed by atoms with Crippen molar-refractivity contribution in [1.82, 2.24) is 4.98 Å². The van der Waals surface area contributed by atoms with Crippen LogP contribution in [0.1, 0.15) is 15.9 Å². The minimum atomic E-state index is -3.97. The fourth-order valence-electron chi connectivity index (χ4n) is 2.17. The van der Waals surface area contributed by atoms with Gasteiger partial charge in [0.2, 0.25) is 0 Å². The molecule has 1 heterocycles. The first kappa shape index (κ1) is 18.0. The number of rotatable bonds is 5. The predicted octanol–water partition coefficient (Wildman–Crippen LogP) is 3.64. The minimum Gasteiger partial charge on any atom is -0.298 e. The Morgan fingerprint density at radius 3 is 2.54 bits per heavy atom. The van der Waals surface area contributed by atoms with Gasteiger partial charge in [-0.3, -0.25) is 14.8 Å². The van der Waals surface area contributed by atoms with Gasteiger partial charge in [-0.05, 0) is 37.3 Å². The Hall–Kier alpha value is -2.78. The van der Waals surface area contributed by atoms with Gasteiger partial charge in [0, 0.05) is 11.6 Å². The number of nitrogens with zero attached hydrogens (tertiary/aromatic N) is 1. The van der Waals surface area contributed by atoms with Crippen molar-refractivity contribution in [2.45, 2.75) is 11.8 Å². The van der Waals surface area contributed by atoms with Crippen LogP contribution in [0.4, 0.5) is 15.2 Å². The van der Waals surface area contributed by atoms with Crippen LogP contribution in [-0.2, 0) is 10.0 Å². The van der Waals surface area contributed by atoms with E-state index in [1.165, 1.54) is 35.7 Å². The van der Waals surface area contributed by atoms with Crippen LogP contribution in [0, 0.1) is 12.7 Å². The minimum absolute atomic E-state index is 0.0126. The number of amides is 1. The maximum absolute atomic E-state index is 13.6. The van der Waals surface area contributed by atoms with E-state index in [2.05, 4.69) is 15.0 Å². The van der Waals surface area contributed by atoms with E-state index in [0.29, 0.717) is 5.13 Å². The van der Waals surface area contributed by atoms with Gasteiger partial charge in [0.05, 0.1) is 16.1 Å².